The van der Waals surface area contributed by atoms with E-state index in [0.29, 0.717) is 5.56 Å². The first-order valence-corrected chi connectivity index (χ1v) is 9.53. The first kappa shape index (κ1) is 20.9. The molecule has 0 aliphatic carbocycles. The standard InChI is InChI=1S/C17H17BrClF3N4O2/c1-28-7-6-23-16(27)14-13(19)15-24-11(9-2-4-10(18)5-3-9)8-12(17(20,21)22)26(15)25-14/h2-5,11-12,24H,6-8H2,1H3,(H,23,27). The van der Waals surface area contributed by atoms with Crippen molar-refractivity contribution in [1.29, 1.82) is 0 Å². The number of halogens is 5. The third-order valence-corrected chi connectivity index (χ3v) is 5.26. The summed E-state index contributed by atoms with van der Waals surface area (Å²) >= 11 is 9.54. The fourth-order valence-corrected chi connectivity index (χ4v) is 3.53. The van der Waals surface area contributed by atoms with Crippen molar-refractivity contribution in [2.24, 2.45) is 0 Å². The minimum absolute atomic E-state index is 0.0277. The van der Waals surface area contributed by atoms with Gasteiger partial charge < -0.3 is 15.4 Å². The summed E-state index contributed by atoms with van der Waals surface area (Å²) in [5.74, 6) is -0.688. The molecule has 2 heterocycles. The Kier molecular flexibility index (Phi) is 6.21. The van der Waals surface area contributed by atoms with Crippen LogP contribution in [0, 0.1) is 0 Å². The highest BCUT2D eigenvalue weighted by atomic mass is 79.9. The van der Waals surface area contributed by atoms with Crippen LogP contribution in [0.4, 0.5) is 19.0 Å². The summed E-state index contributed by atoms with van der Waals surface area (Å²) in [6.45, 7) is 0.442. The lowest BCUT2D eigenvalue weighted by molar-refractivity contribution is -0.173. The average molecular weight is 482 g/mol. The number of methoxy groups -OCH3 is 1. The summed E-state index contributed by atoms with van der Waals surface area (Å²) in [7, 11) is 1.47. The van der Waals surface area contributed by atoms with E-state index in [1.807, 2.05) is 0 Å². The van der Waals surface area contributed by atoms with E-state index in [4.69, 9.17) is 16.3 Å². The number of aromatic nitrogens is 2. The fourth-order valence-electron chi connectivity index (χ4n) is 3.00. The van der Waals surface area contributed by atoms with Crippen LogP contribution in [-0.4, -0.2) is 42.1 Å². The first-order valence-electron chi connectivity index (χ1n) is 8.36. The van der Waals surface area contributed by atoms with E-state index in [-0.39, 0.29) is 36.1 Å². The van der Waals surface area contributed by atoms with Crippen LogP contribution in [0.25, 0.3) is 0 Å². The molecule has 0 saturated carbocycles. The van der Waals surface area contributed by atoms with E-state index < -0.39 is 24.2 Å². The number of hydrogen-bond acceptors (Lipinski definition) is 4. The Morgan fingerprint density at radius 2 is 2.11 bits per heavy atom. The molecular weight excluding hydrogens is 465 g/mol. The van der Waals surface area contributed by atoms with Crippen molar-refractivity contribution in [2.75, 3.05) is 25.6 Å². The predicted octanol–water partition coefficient (Wildman–Crippen LogP) is 4.34. The Labute approximate surface area is 172 Å². The number of nitrogens with zero attached hydrogens (tertiary/aromatic N) is 2. The minimum atomic E-state index is -4.55. The quantitative estimate of drug-likeness (QED) is 0.624. The maximum Gasteiger partial charge on any atom is 0.410 e. The number of carbonyl (C=O) groups is 1. The Hall–Kier alpha value is -1.78. The number of rotatable bonds is 5. The normalized spacial score (nSPS) is 19.1. The van der Waals surface area contributed by atoms with Crippen LogP contribution in [0.2, 0.25) is 5.02 Å². The molecule has 3 rings (SSSR count). The van der Waals surface area contributed by atoms with Crippen LogP contribution in [0.3, 0.4) is 0 Å². The van der Waals surface area contributed by atoms with Crippen LogP contribution in [0.5, 0.6) is 0 Å². The summed E-state index contributed by atoms with van der Waals surface area (Å²) in [4.78, 5) is 12.3. The topological polar surface area (TPSA) is 68.2 Å². The molecule has 1 aliphatic rings. The van der Waals surface area contributed by atoms with Gasteiger partial charge in [-0.3, -0.25) is 4.79 Å². The van der Waals surface area contributed by atoms with E-state index in [1.165, 1.54) is 7.11 Å². The molecular formula is C17H17BrClF3N4O2. The summed E-state index contributed by atoms with van der Waals surface area (Å²) in [5, 5.41) is 9.22. The number of ether oxygens (including phenoxy) is 1. The van der Waals surface area contributed by atoms with Gasteiger partial charge in [-0.1, -0.05) is 39.7 Å². The van der Waals surface area contributed by atoms with Gasteiger partial charge >= 0.3 is 6.18 Å². The molecule has 1 aromatic carbocycles. The average Bonchev–Trinajstić information content (AvgIpc) is 2.98. The molecule has 6 nitrogen and oxygen atoms in total. The van der Waals surface area contributed by atoms with E-state index in [2.05, 4.69) is 31.7 Å². The smallest absolute Gasteiger partial charge is 0.383 e. The summed E-state index contributed by atoms with van der Waals surface area (Å²) in [6, 6.07) is 4.42. The SMILES string of the molecule is COCCNC(=O)c1nn2c(c1Cl)NC(c1ccc(Br)cc1)CC2C(F)(F)F. The van der Waals surface area contributed by atoms with Gasteiger partial charge in [0.15, 0.2) is 11.7 Å². The van der Waals surface area contributed by atoms with Crippen LogP contribution in [-0.2, 0) is 4.74 Å². The van der Waals surface area contributed by atoms with Crippen LogP contribution >= 0.6 is 27.5 Å². The van der Waals surface area contributed by atoms with Gasteiger partial charge in [0.05, 0.1) is 12.6 Å². The number of alkyl halides is 3. The molecule has 2 aromatic rings. The second kappa shape index (κ2) is 8.30. The summed E-state index contributed by atoms with van der Waals surface area (Å²) in [6.07, 6.45) is -4.83. The molecule has 1 aromatic heterocycles. The van der Waals surface area contributed by atoms with Gasteiger partial charge in [-0.05, 0) is 17.7 Å². The second-order valence-corrected chi connectivity index (χ2v) is 7.54. The minimum Gasteiger partial charge on any atom is -0.383 e. The van der Waals surface area contributed by atoms with Gasteiger partial charge in [-0.2, -0.15) is 18.3 Å². The molecule has 0 bridgehead atoms. The molecule has 28 heavy (non-hydrogen) atoms. The largest absolute Gasteiger partial charge is 0.410 e. The van der Waals surface area contributed by atoms with Crippen molar-refractivity contribution in [3.63, 3.8) is 0 Å². The number of fused-ring (bicyclic) bond motifs is 1. The van der Waals surface area contributed by atoms with E-state index >= 15 is 0 Å². The fraction of sp³-hybridized carbons (Fsp3) is 0.412. The van der Waals surface area contributed by atoms with Crippen molar-refractivity contribution < 1.29 is 22.7 Å². The molecule has 1 amide bonds. The van der Waals surface area contributed by atoms with Gasteiger partial charge in [0.1, 0.15) is 10.8 Å². The predicted molar refractivity (Wildman–Crippen MR) is 102 cm³/mol. The third kappa shape index (κ3) is 4.28. The van der Waals surface area contributed by atoms with Crippen molar-refractivity contribution in [2.45, 2.75) is 24.7 Å². The third-order valence-electron chi connectivity index (χ3n) is 4.37. The van der Waals surface area contributed by atoms with Gasteiger partial charge in [0.25, 0.3) is 5.91 Å². The highest BCUT2D eigenvalue weighted by molar-refractivity contribution is 9.10. The molecule has 2 atom stereocenters. The molecule has 1 aliphatic heterocycles. The Bertz CT molecular complexity index is 857. The lowest BCUT2D eigenvalue weighted by atomic mass is 9.97. The molecule has 11 heteroatoms. The lowest BCUT2D eigenvalue weighted by Crippen LogP contribution is -2.36. The Morgan fingerprint density at radius 3 is 2.71 bits per heavy atom. The van der Waals surface area contributed by atoms with Crippen molar-refractivity contribution in [3.05, 3.63) is 45.0 Å². The second-order valence-electron chi connectivity index (χ2n) is 6.25. The molecule has 152 valence electrons. The number of anilines is 1. The molecule has 0 spiro atoms. The zero-order valence-corrected chi connectivity index (χ0v) is 17.0. The van der Waals surface area contributed by atoms with Crippen LogP contribution < -0.4 is 10.6 Å². The number of nitrogens with one attached hydrogen (secondary N) is 2. The first-order chi connectivity index (χ1) is 13.2. The van der Waals surface area contributed by atoms with Crippen molar-refractivity contribution in [1.82, 2.24) is 15.1 Å². The lowest BCUT2D eigenvalue weighted by Gasteiger charge is -2.33. The maximum atomic E-state index is 13.7. The number of hydrogen-bond donors (Lipinski definition) is 2. The number of benzene rings is 1. The van der Waals surface area contributed by atoms with Gasteiger partial charge in [0.2, 0.25) is 0 Å². The van der Waals surface area contributed by atoms with Gasteiger partial charge in [-0.15, -0.1) is 0 Å². The molecule has 0 fully saturated rings. The van der Waals surface area contributed by atoms with Crippen molar-refractivity contribution >= 4 is 39.3 Å². The highest BCUT2D eigenvalue weighted by Crippen LogP contribution is 2.46. The van der Waals surface area contributed by atoms with E-state index in [9.17, 15) is 18.0 Å². The summed E-state index contributed by atoms with van der Waals surface area (Å²) < 4.78 is 47.5. The van der Waals surface area contributed by atoms with Crippen LogP contribution in [0.15, 0.2) is 28.7 Å². The highest BCUT2D eigenvalue weighted by Gasteiger charge is 2.47. The molecule has 2 unspecified atom stereocenters. The van der Waals surface area contributed by atoms with Gasteiger partial charge in [-0.25, -0.2) is 4.68 Å². The number of amides is 1. The zero-order chi connectivity index (χ0) is 20.5. The van der Waals surface area contributed by atoms with Gasteiger partial charge in [0, 0.05) is 24.5 Å². The van der Waals surface area contributed by atoms with E-state index in [0.717, 1.165) is 9.15 Å². The molecule has 0 radical (unpaired) electrons. The molecule has 0 saturated heterocycles. The molecule has 2 N–H and O–H groups in total. The van der Waals surface area contributed by atoms with E-state index in [1.54, 1.807) is 24.3 Å². The monoisotopic (exact) mass is 480 g/mol. The Balaban J connectivity index is 1.96. The maximum absolute atomic E-state index is 13.7. The summed E-state index contributed by atoms with van der Waals surface area (Å²) in [5.41, 5.74) is 0.415. The Morgan fingerprint density at radius 1 is 1.43 bits per heavy atom. The zero-order valence-electron chi connectivity index (χ0n) is 14.7. The number of carbonyl (C=O) groups excluding carboxylic acids is 1. The van der Waals surface area contributed by atoms with Crippen molar-refractivity contribution in [3.8, 4) is 0 Å². The van der Waals surface area contributed by atoms with Crippen LogP contribution in [0.1, 0.15) is 34.6 Å².